The Kier molecular flexibility index (Phi) is 3.61. The van der Waals surface area contributed by atoms with Gasteiger partial charge in [-0.05, 0) is 24.6 Å². The van der Waals surface area contributed by atoms with Crippen LogP contribution in [0.15, 0.2) is 41.1 Å². The first-order chi connectivity index (χ1) is 9.65. The van der Waals surface area contributed by atoms with Gasteiger partial charge in [-0.3, -0.25) is 9.79 Å². The topological polar surface area (TPSA) is 38.7 Å². The highest BCUT2D eigenvalue weighted by Gasteiger charge is 2.57. The van der Waals surface area contributed by atoms with E-state index in [2.05, 4.69) is 4.99 Å². The van der Waals surface area contributed by atoms with Crippen molar-refractivity contribution < 1.29 is 27.1 Å². The van der Waals surface area contributed by atoms with Crippen LogP contribution in [-0.4, -0.2) is 17.9 Å². The summed E-state index contributed by atoms with van der Waals surface area (Å²) in [7, 11) is 0. The summed E-state index contributed by atoms with van der Waals surface area (Å²) in [6, 6.07) is 4.09. The Morgan fingerprint density at radius 2 is 2.00 bits per heavy atom. The first kappa shape index (κ1) is 15.2. The van der Waals surface area contributed by atoms with Crippen molar-refractivity contribution in [1.82, 2.24) is 0 Å². The van der Waals surface area contributed by atoms with Gasteiger partial charge in [0.25, 0.3) is 0 Å². The van der Waals surface area contributed by atoms with Crippen molar-refractivity contribution in [3.8, 4) is 0 Å². The Balaban J connectivity index is 2.62. The van der Waals surface area contributed by atoms with Gasteiger partial charge in [0.15, 0.2) is 5.76 Å². The van der Waals surface area contributed by atoms with Crippen molar-refractivity contribution in [2.75, 3.05) is 0 Å². The zero-order valence-corrected chi connectivity index (χ0v) is 11.2. The molecule has 112 valence electrons. The molecule has 0 amide bonds. The van der Waals surface area contributed by atoms with Gasteiger partial charge in [-0.1, -0.05) is 12.1 Å². The molecule has 0 fully saturated rings. The fourth-order valence-corrected chi connectivity index (χ4v) is 2.09. The Hall–Kier alpha value is -2.18. The summed E-state index contributed by atoms with van der Waals surface area (Å²) in [6.45, 7) is 2.37. The predicted octanol–water partition coefficient (Wildman–Crippen LogP) is 3.50. The number of hydrogen-bond acceptors (Lipinski definition) is 3. The molecule has 0 saturated heterocycles. The first-order valence-electron chi connectivity index (χ1n) is 5.96. The Labute approximate surface area is 117 Å². The number of allylic oxidation sites excluding steroid dienone is 1. The van der Waals surface area contributed by atoms with Crippen molar-refractivity contribution in [2.45, 2.75) is 25.6 Å². The smallest absolute Gasteiger partial charge is 0.421 e. The molecular formula is C14H11F4NO2. The molecular weight excluding hydrogens is 290 g/mol. The fourth-order valence-electron chi connectivity index (χ4n) is 2.09. The monoisotopic (exact) mass is 301 g/mol. The summed E-state index contributed by atoms with van der Waals surface area (Å²) in [4.78, 5) is 14.5. The number of carbonyl (C=O) groups excluding carboxylic acids is 1. The molecule has 1 aliphatic rings. The Bertz CT molecular complexity index is 649. The number of alkyl halides is 3. The molecule has 1 atom stereocenters. The Morgan fingerprint density at radius 3 is 2.52 bits per heavy atom. The van der Waals surface area contributed by atoms with E-state index in [0.717, 1.165) is 25.1 Å². The lowest BCUT2D eigenvalue weighted by Gasteiger charge is -2.27. The zero-order valence-electron chi connectivity index (χ0n) is 11.2. The van der Waals surface area contributed by atoms with Gasteiger partial charge in [-0.2, -0.15) is 13.2 Å². The third kappa shape index (κ3) is 2.68. The van der Waals surface area contributed by atoms with Crippen molar-refractivity contribution >= 4 is 11.7 Å². The molecule has 21 heavy (non-hydrogen) atoms. The van der Waals surface area contributed by atoms with Gasteiger partial charge < -0.3 is 4.74 Å². The minimum absolute atomic E-state index is 0.0770. The molecule has 0 spiro atoms. The van der Waals surface area contributed by atoms with Crippen LogP contribution in [0, 0.1) is 5.82 Å². The number of carbonyl (C=O) groups is 1. The second kappa shape index (κ2) is 4.98. The highest BCUT2D eigenvalue weighted by molar-refractivity contribution is 6.01. The van der Waals surface area contributed by atoms with Crippen molar-refractivity contribution in [3.63, 3.8) is 0 Å². The second-order valence-electron chi connectivity index (χ2n) is 4.57. The zero-order chi connectivity index (χ0) is 15.8. The van der Waals surface area contributed by atoms with Crippen molar-refractivity contribution in [3.05, 3.63) is 47.5 Å². The molecule has 1 unspecified atom stereocenters. The summed E-state index contributed by atoms with van der Waals surface area (Å²) in [5.41, 5.74) is -3.20. The average Bonchev–Trinajstić information content (AvgIpc) is 2.67. The lowest BCUT2D eigenvalue weighted by Crippen LogP contribution is -2.38. The maximum Gasteiger partial charge on any atom is 0.421 e. The molecule has 0 aromatic heterocycles. The first-order valence-corrected chi connectivity index (χ1v) is 5.96. The lowest BCUT2D eigenvalue weighted by atomic mass is 9.90. The molecule has 0 aliphatic carbocycles. The summed E-state index contributed by atoms with van der Waals surface area (Å²) in [5, 5.41) is 0. The van der Waals surface area contributed by atoms with E-state index in [9.17, 15) is 22.4 Å². The highest BCUT2D eigenvalue weighted by Crippen LogP contribution is 2.47. The van der Waals surface area contributed by atoms with E-state index in [0.29, 0.717) is 6.08 Å². The van der Waals surface area contributed by atoms with Crippen molar-refractivity contribution in [2.24, 2.45) is 4.99 Å². The number of aliphatic imine (C=N–C) groups is 1. The minimum Gasteiger partial charge on any atom is -0.425 e. The maximum absolute atomic E-state index is 13.5. The van der Waals surface area contributed by atoms with Gasteiger partial charge in [0.2, 0.25) is 5.54 Å². The van der Waals surface area contributed by atoms with Gasteiger partial charge in [0.05, 0.1) is 5.71 Å². The highest BCUT2D eigenvalue weighted by atomic mass is 19.4. The van der Waals surface area contributed by atoms with Crippen LogP contribution in [0.25, 0.3) is 0 Å². The van der Waals surface area contributed by atoms with E-state index < -0.39 is 23.5 Å². The minimum atomic E-state index is -4.80. The number of esters is 1. The van der Waals surface area contributed by atoms with Crippen LogP contribution in [0.5, 0.6) is 0 Å². The van der Waals surface area contributed by atoms with Crippen LogP contribution in [0.1, 0.15) is 19.4 Å². The second-order valence-corrected chi connectivity index (χ2v) is 4.57. The van der Waals surface area contributed by atoms with Crippen LogP contribution in [0.3, 0.4) is 0 Å². The SMILES string of the molecule is CC(=O)OC1=CC(c2cccc(F)c2)(C(F)(F)F)N=C1C. The molecule has 0 N–H and O–H groups in total. The third-order valence-corrected chi connectivity index (χ3v) is 2.99. The number of halogens is 4. The summed E-state index contributed by atoms with van der Waals surface area (Å²) in [6.07, 6.45) is -4.11. The molecule has 1 aromatic rings. The van der Waals surface area contributed by atoms with E-state index in [4.69, 9.17) is 4.74 Å². The summed E-state index contributed by atoms with van der Waals surface area (Å²) >= 11 is 0. The normalized spacial score (nSPS) is 21.8. The molecule has 0 saturated carbocycles. The molecule has 7 heteroatoms. The standard InChI is InChI=1S/C14H11F4NO2/c1-8-12(21-9(2)20)7-13(19-8,14(16,17)18)10-4-3-5-11(15)6-10/h3-7H,1-2H3. The molecule has 1 heterocycles. The van der Waals surface area contributed by atoms with Crippen LogP contribution in [-0.2, 0) is 15.1 Å². The van der Waals surface area contributed by atoms with E-state index in [-0.39, 0.29) is 17.0 Å². The van der Waals surface area contributed by atoms with E-state index in [1.54, 1.807) is 0 Å². The maximum atomic E-state index is 13.5. The van der Waals surface area contributed by atoms with Crippen LogP contribution in [0.4, 0.5) is 17.6 Å². The van der Waals surface area contributed by atoms with Gasteiger partial charge in [-0.25, -0.2) is 4.39 Å². The van der Waals surface area contributed by atoms with Crippen molar-refractivity contribution in [1.29, 1.82) is 0 Å². The number of hydrogen-bond donors (Lipinski definition) is 0. The van der Waals surface area contributed by atoms with Crippen LogP contribution >= 0.6 is 0 Å². The molecule has 3 nitrogen and oxygen atoms in total. The predicted molar refractivity (Wildman–Crippen MR) is 67.1 cm³/mol. The van der Waals surface area contributed by atoms with Gasteiger partial charge >= 0.3 is 12.1 Å². The summed E-state index contributed by atoms with van der Waals surface area (Å²) < 4.78 is 58.5. The Morgan fingerprint density at radius 1 is 1.33 bits per heavy atom. The molecule has 1 aliphatic heterocycles. The van der Waals surface area contributed by atoms with E-state index >= 15 is 0 Å². The number of rotatable bonds is 2. The molecule has 2 rings (SSSR count). The molecule has 0 radical (unpaired) electrons. The molecule has 1 aromatic carbocycles. The van der Waals surface area contributed by atoms with E-state index in [1.807, 2.05) is 0 Å². The largest absolute Gasteiger partial charge is 0.425 e. The number of ether oxygens (including phenoxy) is 1. The lowest BCUT2D eigenvalue weighted by molar-refractivity contribution is -0.173. The quantitative estimate of drug-likeness (QED) is 0.619. The summed E-state index contributed by atoms with van der Waals surface area (Å²) in [5.74, 6) is -1.84. The van der Waals surface area contributed by atoms with Gasteiger partial charge in [0.1, 0.15) is 5.82 Å². The van der Waals surface area contributed by atoms with Crippen LogP contribution < -0.4 is 0 Å². The molecule has 0 bridgehead atoms. The number of nitrogens with zero attached hydrogens (tertiary/aromatic N) is 1. The third-order valence-electron chi connectivity index (χ3n) is 2.99. The number of benzene rings is 1. The fraction of sp³-hybridized carbons (Fsp3) is 0.286. The van der Waals surface area contributed by atoms with Crippen LogP contribution in [0.2, 0.25) is 0 Å². The van der Waals surface area contributed by atoms with Gasteiger partial charge in [0, 0.05) is 13.0 Å². The van der Waals surface area contributed by atoms with Gasteiger partial charge in [-0.15, -0.1) is 0 Å². The average molecular weight is 301 g/mol. The van der Waals surface area contributed by atoms with E-state index in [1.165, 1.54) is 13.0 Å².